The lowest BCUT2D eigenvalue weighted by Gasteiger charge is -2.30. The number of hydrogen-bond acceptors (Lipinski definition) is 15. The second-order valence-electron chi connectivity index (χ2n) is 19.1. The van der Waals surface area contributed by atoms with Crippen molar-refractivity contribution in [3.05, 3.63) is 90.0 Å². The van der Waals surface area contributed by atoms with Crippen LogP contribution in [-0.4, -0.2) is 167 Å². The molecule has 426 valence electrons. The third-order valence-corrected chi connectivity index (χ3v) is 12.4. The zero-order chi connectivity index (χ0) is 58.4. The number of carboxylic acids is 3. The van der Waals surface area contributed by atoms with Crippen molar-refractivity contribution in [1.29, 1.82) is 0 Å². The quantitative estimate of drug-likeness (QED) is 0.0299. The van der Waals surface area contributed by atoms with Crippen molar-refractivity contribution in [3.63, 3.8) is 0 Å². The molecule has 0 spiro atoms. The van der Waals surface area contributed by atoms with Gasteiger partial charge in [-0.25, -0.2) is 9.78 Å². The number of nitrogens with two attached hydrogens (primary N) is 1. The van der Waals surface area contributed by atoms with E-state index in [4.69, 9.17) is 5.73 Å². The molecule has 16 N–H and O–H groups in total. The Bertz CT molecular complexity index is 2530. The minimum absolute atomic E-state index is 0.156. The van der Waals surface area contributed by atoms with E-state index < -0.39 is 151 Å². The number of nitrogens with zero attached hydrogens (tertiary/aromatic N) is 1. The second-order valence-corrected chi connectivity index (χ2v) is 19.1. The molecule has 78 heavy (non-hydrogen) atoms. The molecule has 27 heteroatoms. The summed E-state index contributed by atoms with van der Waals surface area (Å²) in [6, 6.07) is 1.44. The Labute approximate surface area is 449 Å². The van der Waals surface area contributed by atoms with Crippen LogP contribution >= 0.6 is 0 Å². The third-order valence-electron chi connectivity index (χ3n) is 12.4. The van der Waals surface area contributed by atoms with Crippen molar-refractivity contribution in [2.75, 3.05) is 0 Å². The van der Waals surface area contributed by atoms with Crippen molar-refractivity contribution < 1.29 is 78.3 Å². The third kappa shape index (κ3) is 20.7. The van der Waals surface area contributed by atoms with E-state index in [-0.39, 0.29) is 25.2 Å². The standard InChI is InChI=1S/C51H71N11O16/c1-7-26(4)39(52)47(73)58-33(20-31-23-53-24-54-31)43(69)56-35(22-38(67)68)45(71)57-34(21-37(65)66)44(70)55-32(18-29-14-10-8-11-15-29)46(72)60-40(25(2)3)48(74)61-42(28(6)64)50(76)62-41(27(5)63)49(75)59-36(51(77)78)19-30-16-12-9-13-17-30/h8-17,23-28,32-36,39-42,63-64H,7,18-22,52H2,1-6H3,(H,53,54)(H,55,70)(H,56,69)(H,57,71)(H,58,73)(H,59,75)(H,60,72)(H,61,74)(H,62,76)(H,65,66)(H,67,68)(H,77,78)/t26-,27+,28+,32-,33-,34-,35-,36-,39-,40-,41-,42-/m0/s1. The number of imidazole rings is 1. The van der Waals surface area contributed by atoms with Crippen LogP contribution in [0, 0.1) is 11.8 Å². The molecule has 12 atom stereocenters. The molecule has 1 aromatic heterocycles. The summed E-state index contributed by atoms with van der Waals surface area (Å²) < 4.78 is 0. The molecule has 0 aliphatic carbocycles. The maximum Gasteiger partial charge on any atom is 0.326 e. The summed E-state index contributed by atoms with van der Waals surface area (Å²) in [5.41, 5.74) is 7.43. The summed E-state index contributed by atoms with van der Waals surface area (Å²) in [5.74, 6) is -14.6. The molecule has 2 aromatic carbocycles. The number of carboxylic acid groups (broad SMARTS) is 3. The van der Waals surface area contributed by atoms with Gasteiger partial charge in [0.05, 0.1) is 37.4 Å². The first-order chi connectivity index (χ1) is 36.7. The van der Waals surface area contributed by atoms with Gasteiger partial charge in [0.15, 0.2) is 0 Å². The Morgan fingerprint density at radius 3 is 1.28 bits per heavy atom. The van der Waals surface area contributed by atoms with Crippen LogP contribution < -0.4 is 48.3 Å². The van der Waals surface area contributed by atoms with Crippen LogP contribution in [0.3, 0.4) is 0 Å². The van der Waals surface area contributed by atoms with Crippen molar-refractivity contribution in [1.82, 2.24) is 52.5 Å². The number of aliphatic hydroxyl groups excluding tert-OH is 2. The molecule has 0 unspecified atom stereocenters. The molecule has 0 aliphatic rings. The lowest BCUT2D eigenvalue weighted by molar-refractivity contribution is -0.143. The Hall–Kier alpha value is -8.30. The van der Waals surface area contributed by atoms with E-state index >= 15 is 0 Å². The normalized spacial score (nSPS) is 15.8. The van der Waals surface area contributed by atoms with Crippen LogP contribution in [0.4, 0.5) is 0 Å². The molecule has 3 rings (SSSR count). The Morgan fingerprint density at radius 1 is 0.500 bits per heavy atom. The van der Waals surface area contributed by atoms with E-state index in [1.165, 1.54) is 26.4 Å². The smallest absolute Gasteiger partial charge is 0.326 e. The number of nitrogens with one attached hydrogen (secondary N) is 9. The number of aromatic nitrogens is 2. The van der Waals surface area contributed by atoms with E-state index in [9.17, 15) is 78.3 Å². The van der Waals surface area contributed by atoms with Crippen molar-refractivity contribution in [2.45, 2.75) is 147 Å². The number of aromatic amines is 1. The molecule has 0 bridgehead atoms. The Balaban J connectivity index is 1.87. The summed E-state index contributed by atoms with van der Waals surface area (Å²) in [6.07, 6.45) is -3.07. The highest BCUT2D eigenvalue weighted by atomic mass is 16.4. The highest BCUT2D eigenvalue weighted by Crippen LogP contribution is 2.12. The monoisotopic (exact) mass is 1090 g/mol. The lowest BCUT2D eigenvalue weighted by Crippen LogP contribution is -2.63. The summed E-state index contributed by atoms with van der Waals surface area (Å²) in [6.45, 7) is 8.75. The lowest BCUT2D eigenvalue weighted by atomic mass is 9.98. The molecule has 27 nitrogen and oxygen atoms in total. The second kappa shape index (κ2) is 31.1. The highest BCUT2D eigenvalue weighted by Gasteiger charge is 2.38. The van der Waals surface area contributed by atoms with Gasteiger partial charge in [0.1, 0.15) is 48.3 Å². The van der Waals surface area contributed by atoms with Crippen LogP contribution in [-0.2, 0) is 72.0 Å². The average molecular weight is 1090 g/mol. The molecule has 8 amide bonds. The van der Waals surface area contributed by atoms with Gasteiger partial charge in [0.25, 0.3) is 0 Å². The fourth-order valence-electron chi connectivity index (χ4n) is 7.65. The summed E-state index contributed by atoms with van der Waals surface area (Å²) >= 11 is 0. The minimum Gasteiger partial charge on any atom is -0.481 e. The topological polar surface area (TPSA) is 440 Å². The van der Waals surface area contributed by atoms with Crippen LogP contribution in [0.1, 0.15) is 77.6 Å². The molecular weight excluding hydrogens is 1020 g/mol. The molecular formula is C51H71N11O16. The van der Waals surface area contributed by atoms with Gasteiger partial charge in [-0.1, -0.05) is 94.8 Å². The predicted octanol–water partition coefficient (Wildman–Crippen LogP) is -2.86. The summed E-state index contributed by atoms with van der Waals surface area (Å²) in [4.78, 5) is 153. The molecule has 0 fully saturated rings. The number of aliphatic hydroxyl groups is 2. The van der Waals surface area contributed by atoms with Crippen LogP contribution in [0.25, 0.3) is 0 Å². The fraction of sp³-hybridized carbons (Fsp3) is 0.490. The number of aliphatic carboxylic acids is 3. The highest BCUT2D eigenvalue weighted by molar-refractivity contribution is 6.00. The van der Waals surface area contributed by atoms with Gasteiger partial charge in [-0.2, -0.15) is 0 Å². The zero-order valence-corrected chi connectivity index (χ0v) is 43.9. The van der Waals surface area contributed by atoms with Gasteiger partial charge < -0.3 is 78.8 Å². The van der Waals surface area contributed by atoms with Gasteiger partial charge in [-0.3, -0.25) is 47.9 Å². The first-order valence-corrected chi connectivity index (χ1v) is 25.0. The zero-order valence-electron chi connectivity index (χ0n) is 43.9. The molecule has 0 radical (unpaired) electrons. The maximum atomic E-state index is 14.3. The van der Waals surface area contributed by atoms with E-state index in [0.29, 0.717) is 23.2 Å². The van der Waals surface area contributed by atoms with E-state index in [2.05, 4.69) is 52.5 Å². The number of amides is 8. The van der Waals surface area contributed by atoms with E-state index in [1.54, 1.807) is 74.5 Å². The van der Waals surface area contributed by atoms with Crippen LogP contribution in [0.5, 0.6) is 0 Å². The van der Waals surface area contributed by atoms with Gasteiger partial charge >= 0.3 is 17.9 Å². The van der Waals surface area contributed by atoms with Gasteiger partial charge in [0, 0.05) is 31.2 Å². The Morgan fingerprint density at radius 2 is 0.872 bits per heavy atom. The molecule has 0 aliphatic heterocycles. The molecule has 3 aromatic rings. The molecule has 0 saturated heterocycles. The average Bonchev–Trinajstić information content (AvgIpc) is 3.90. The van der Waals surface area contributed by atoms with Crippen molar-refractivity contribution in [2.24, 2.45) is 17.6 Å². The SMILES string of the molecule is CC[C@H](C)[C@H](N)C(=O)N[C@@H](Cc1cnc[nH]1)C(=O)N[C@@H](CC(=O)O)C(=O)N[C@@H](CC(=O)O)C(=O)N[C@@H](Cc1ccccc1)C(=O)N[C@H](C(=O)N[C@H](C(=O)N[C@H](C(=O)N[C@@H](Cc1ccccc1)C(=O)O)[C@@H](C)O)[C@@H](C)O)C(C)C. The number of carbonyl (C=O) groups excluding carboxylic acids is 8. The number of benzene rings is 2. The molecule has 1 heterocycles. The molecule has 0 saturated carbocycles. The number of carbonyl (C=O) groups is 11. The summed E-state index contributed by atoms with van der Waals surface area (Å²) in [7, 11) is 0. The van der Waals surface area contributed by atoms with E-state index in [0.717, 1.165) is 13.8 Å². The fourth-order valence-corrected chi connectivity index (χ4v) is 7.65. The largest absolute Gasteiger partial charge is 0.481 e. The van der Waals surface area contributed by atoms with Crippen molar-refractivity contribution >= 4 is 65.2 Å². The van der Waals surface area contributed by atoms with Crippen LogP contribution in [0.15, 0.2) is 73.2 Å². The summed E-state index contributed by atoms with van der Waals surface area (Å²) in [5, 5.41) is 69.3. The van der Waals surface area contributed by atoms with E-state index in [1.807, 2.05) is 0 Å². The van der Waals surface area contributed by atoms with Crippen molar-refractivity contribution in [3.8, 4) is 0 Å². The first-order valence-electron chi connectivity index (χ1n) is 25.0. The maximum absolute atomic E-state index is 14.3. The van der Waals surface area contributed by atoms with Gasteiger partial charge in [-0.15, -0.1) is 0 Å². The number of H-pyrrole nitrogens is 1. The van der Waals surface area contributed by atoms with Gasteiger partial charge in [0.2, 0.25) is 47.3 Å². The van der Waals surface area contributed by atoms with Crippen LogP contribution in [0.2, 0.25) is 0 Å². The number of rotatable bonds is 32. The minimum atomic E-state index is -2.04. The van der Waals surface area contributed by atoms with Gasteiger partial charge in [-0.05, 0) is 36.8 Å². The predicted molar refractivity (Wildman–Crippen MR) is 276 cm³/mol. The Kier molecular flexibility index (Phi) is 25.5. The first kappa shape index (κ1) is 64.0. The number of hydrogen-bond donors (Lipinski definition) is 15.